The first-order chi connectivity index (χ1) is 16.7. The molecule has 2 heterocycles. The molecule has 4 N–H and O–H groups in total. The molecule has 2 aliphatic rings. The maximum atomic E-state index is 13.0. The fourth-order valence-corrected chi connectivity index (χ4v) is 5.45. The summed E-state index contributed by atoms with van der Waals surface area (Å²) in [6.45, 7) is 2.89. The van der Waals surface area contributed by atoms with Crippen molar-refractivity contribution in [3.63, 3.8) is 0 Å². The SMILES string of the molecule is CC1(Nc2ncc3nc(Nc4ccc(C(F)(F)F)cc4)n([C@H]4CC[C@H](CN)CC4)c3n2)CCCC1. The number of aromatic nitrogens is 4. The number of halogens is 3. The molecule has 7 nitrogen and oxygen atoms in total. The molecule has 0 spiro atoms. The molecular formula is C25H32F3N7. The second-order valence-corrected chi connectivity index (χ2v) is 10.2. The lowest BCUT2D eigenvalue weighted by atomic mass is 9.86. The van der Waals surface area contributed by atoms with E-state index in [0.29, 0.717) is 35.6 Å². The van der Waals surface area contributed by atoms with Crippen molar-refractivity contribution >= 4 is 28.7 Å². The monoisotopic (exact) mass is 487 g/mol. The Balaban J connectivity index is 1.49. The van der Waals surface area contributed by atoms with Crippen molar-refractivity contribution in [2.45, 2.75) is 76.0 Å². The van der Waals surface area contributed by atoms with Crippen LogP contribution in [0.5, 0.6) is 0 Å². The lowest BCUT2D eigenvalue weighted by Crippen LogP contribution is -2.31. The van der Waals surface area contributed by atoms with Crippen molar-refractivity contribution in [3.05, 3.63) is 36.0 Å². The number of anilines is 3. The minimum absolute atomic E-state index is 0.0149. The summed E-state index contributed by atoms with van der Waals surface area (Å²) in [5, 5.41) is 6.76. The highest BCUT2D eigenvalue weighted by Crippen LogP contribution is 2.38. The second-order valence-electron chi connectivity index (χ2n) is 10.2. The number of imidazole rings is 1. The van der Waals surface area contributed by atoms with Crippen LogP contribution >= 0.6 is 0 Å². The van der Waals surface area contributed by atoms with Crippen LogP contribution in [0.1, 0.15) is 69.9 Å². The van der Waals surface area contributed by atoms with Crippen molar-refractivity contribution in [2.24, 2.45) is 11.7 Å². The smallest absolute Gasteiger partial charge is 0.349 e. The molecule has 0 bridgehead atoms. The molecule has 0 aliphatic heterocycles. The molecule has 5 rings (SSSR count). The van der Waals surface area contributed by atoms with E-state index in [0.717, 1.165) is 56.3 Å². The molecule has 188 valence electrons. The van der Waals surface area contributed by atoms with Gasteiger partial charge in [-0.25, -0.2) is 9.97 Å². The van der Waals surface area contributed by atoms with Gasteiger partial charge in [0.05, 0.1) is 11.8 Å². The minimum Gasteiger partial charge on any atom is -0.349 e. The van der Waals surface area contributed by atoms with Crippen LogP contribution in [0, 0.1) is 5.92 Å². The summed E-state index contributed by atoms with van der Waals surface area (Å²) >= 11 is 0. The summed E-state index contributed by atoms with van der Waals surface area (Å²) in [5.74, 6) is 1.66. The molecule has 0 atom stereocenters. The van der Waals surface area contributed by atoms with E-state index in [1.807, 2.05) is 0 Å². The van der Waals surface area contributed by atoms with E-state index < -0.39 is 11.7 Å². The molecule has 10 heteroatoms. The molecule has 2 fully saturated rings. The van der Waals surface area contributed by atoms with E-state index in [4.69, 9.17) is 15.7 Å². The summed E-state index contributed by atoms with van der Waals surface area (Å²) in [7, 11) is 0. The highest BCUT2D eigenvalue weighted by molar-refractivity contribution is 5.76. The van der Waals surface area contributed by atoms with Gasteiger partial charge in [-0.2, -0.15) is 18.2 Å². The van der Waals surface area contributed by atoms with Crippen LogP contribution in [0.15, 0.2) is 30.5 Å². The van der Waals surface area contributed by atoms with Crippen LogP contribution in [-0.4, -0.2) is 31.6 Å². The predicted molar refractivity (Wildman–Crippen MR) is 131 cm³/mol. The summed E-state index contributed by atoms with van der Waals surface area (Å²) < 4.78 is 41.1. The average molecular weight is 488 g/mol. The van der Waals surface area contributed by atoms with Gasteiger partial charge in [-0.05, 0) is 82.2 Å². The van der Waals surface area contributed by atoms with Gasteiger partial charge in [0.15, 0.2) is 5.65 Å². The van der Waals surface area contributed by atoms with Crippen LogP contribution in [-0.2, 0) is 6.18 Å². The van der Waals surface area contributed by atoms with Crippen molar-refractivity contribution < 1.29 is 13.2 Å². The average Bonchev–Trinajstić information content (AvgIpc) is 3.42. The standard InChI is InChI=1S/C25H32F3N7/c1-24(12-2-3-13-24)34-22-30-15-20-21(33-22)35(19-10-4-16(14-29)5-11-19)23(32-20)31-18-8-6-17(7-9-18)25(26,27)28/h6-9,15-16,19H,2-5,10-14,29H2,1H3,(H,31,32)(H,30,33,34)/t16-,19-. The Morgan fingerprint density at radius 3 is 2.37 bits per heavy atom. The van der Waals surface area contributed by atoms with E-state index >= 15 is 0 Å². The quantitative estimate of drug-likeness (QED) is 0.393. The Morgan fingerprint density at radius 1 is 1.06 bits per heavy atom. The number of nitrogens with zero attached hydrogens (tertiary/aromatic N) is 4. The van der Waals surface area contributed by atoms with E-state index in [-0.39, 0.29) is 11.6 Å². The van der Waals surface area contributed by atoms with Gasteiger partial charge >= 0.3 is 6.18 Å². The van der Waals surface area contributed by atoms with Gasteiger partial charge in [-0.15, -0.1) is 0 Å². The molecule has 3 aromatic rings. The minimum atomic E-state index is -4.37. The maximum absolute atomic E-state index is 13.0. The summed E-state index contributed by atoms with van der Waals surface area (Å²) in [4.78, 5) is 14.1. The van der Waals surface area contributed by atoms with Gasteiger partial charge < -0.3 is 16.4 Å². The predicted octanol–water partition coefficient (Wildman–Crippen LogP) is 6.02. The van der Waals surface area contributed by atoms with Gasteiger partial charge in [-0.1, -0.05) is 12.8 Å². The fourth-order valence-electron chi connectivity index (χ4n) is 5.45. The molecular weight excluding hydrogens is 455 g/mol. The molecule has 1 aromatic carbocycles. The normalized spacial score (nSPS) is 22.4. The largest absolute Gasteiger partial charge is 0.416 e. The summed E-state index contributed by atoms with van der Waals surface area (Å²) in [5.41, 5.74) is 7.13. The van der Waals surface area contributed by atoms with Crippen LogP contribution < -0.4 is 16.4 Å². The Morgan fingerprint density at radius 2 is 1.74 bits per heavy atom. The highest BCUT2D eigenvalue weighted by Gasteiger charge is 2.31. The topological polar surface area (TPSA) is 93.7 Å². The maximum Gasteiger partial charge on any atom is 0.416 e. The zero-order chi connectivity index (χ0) is 24.6. The number of alkyl halides is 3. The van der Waals surface area contributed by atoms with Crippen molar-refractivity contribution in [1.29, 1.82) is 0 Å². The van der Waals surface area contributed by atoms with Gasteiger partial charge in [0, 0.05) is 17.3 Å². The molecule has 35 heavy (non-hydrogen) atoms. The third-order valence-corrected chi connectivity index (χ3v) is 7.54. The first-order valence-corrected chi connectivity index (χ1v) is 12.4. The number of fused-ring (bicyclic) bond motifs is 1. The lowest BCUT2D eigenvalue weighted by molar-refractivity contribution is -0.137. The van der Waals surface area contributed by atoms with Crippen LogP contribution in [0.3, 0.4) is 0 Å². The second kappa shape index (κ2) is 9.29. The molecule has 0 amide bonds. The van der Waals surface area contributed by atoms with E-state index in [1.165, 1.54) is 25.0 Å². The summed E-state index contributed by atoms with van der Waals surface area (Å²) in [6, 6.07) is 5.18. The number of hydrogen-bond donors (Lipinski definition) is 3. The number of rotatable bonds is 6. The Kier molecular flexibility index (Phi) is 6.33. The molecule has 2 aromatic heterocycles. The lowest BCUT2D eigenvalue weighted by Gasteiger charge is -2.30. The highest BCUT2D eigenvalue weighted by atomic mass is 19.4. The zero-order valence-electron chi connectivity index (χ0n) is 19.9. The van der Waals surface area contributed by atoms with Crippen LogP contribution in [0.25, 0.3) is 11.2 Å². The molecule has 0 unspecified atom stereocenters. The van der Waals surface area contributed by atoms with Gasteiger partial charge in [-0.3, -0.25) is 4.57 Å². The summed E-state index contributed by atoms with van der Waals surface area (Å²) in [6.07, 6.45) is 5.83. The number of nitrogens with two attached hydrogens (primary N) is 1. The third-order valence-electron chi connectivity index (χ3n) is 7.54. The molecule has 0 radical (unpaired) electrons. The van der Waals surface area contributed by atoms with Gasteiger partial charge in [0.1, 0.15) is 5.52 Å². The third kappa shape index (κ3) is 5.07. The Hall–Kier alpha value is -2.88. The van der Waals surface area contributed by atoms with E-state index in [1.54, 1.807) is 6.20 Å². The molecule has 2 aliphatic carbocycles. The van der Waals surface area contributed by atoms with Crippen molar-refractivity contribution in [1.82, 2.24) is 19.5 Å². The number of benzene rings is 1. The van der Waals surface area contributed by atoms with Crippen LogP contribution in [0.2, 0.25) is 0 Å². The number of nitrogens with one attached hydrogen (secondary N) is 2. The van der Waals surface area contributed by atoms with E-state index in [9.17, 15) is 13.2 Å². The first-order valence-electron chi connectivity index (χ1n) is 12.4. The Bertz CT molecular complexity index is 1160. The Labute approximate surface area is 202 Å². The van der Waals surface area contributed by atoms with Gasteiger partial charge in [0.25, 0.3) is 0 Å². The van der Waals surface area contributed by atoms with Crippen molar-refractivity contribution in [3.8, 4) is 0 Å². The first kappa shape index (κ1) is 23.8. The van der Waals surface area contributed by atoms with Crippen LogP contribution in [0.4, 0.5) is 30.8 Å². The molecule has 2 saturated carbocycles. The fraction of sp³-hybridized carbons (Fsp3) is 0.560. The molecule has 0 saturated heterocycles. The van der Waals surface area contributed by atoms with E-state index in [2.05, 4.69) is 27.1 Å². The zero-order valence-corrected chi connectivity index (χ0v) is 19.9. The van der Waals surface area contributed by atoms with Gasteiger partial charge in [0.2, 0.25) is 11.9 Å². The number of hydrogen-bond acceptors (Lipinski definition) is 6. The van der Waals surface area contributed by atoms with Crippen molar-refractivity contribution in [2.75, 3.05) is 17.2 Å².